The summed E-state index contributed by atoms with van der Waals surface area (Å²) in [5.74, 6) is 0.406. The van der Waals surface area contributed by atoms with Gasteiger partial charge in [-0.15, -0.1) is 0 Å². The summed E-state index contributed by atoms with van der Waals surface area (Å²) in [5.41, 5.74) is 5.81. The summed E-state index contributed by atoms with van der Waals surface area (Å²) in [6.07, 6.45) is 3.95. The van der Waals surface area contributed by atoms with Crippen molar-refractivity contribution < 1.29 is 4.74 Å². The highest BCUT2D eigenvalue weighted by Crippen LogP contribution is 2.35. The molecule has 2 aliphatic rings. The number of nitrogens with one attached hydrogen (secondary N) is 1. The highest BCUT2D eigenvalue weighted by molar-refractivity contribution is 8.03. The number of ether oxygens (including phenoxy) is 1. The largest absolute Gasteiger partial charge is 0.381 e. The molecule has 0 aromatic heterocycles. The summed E-state index contributed by atoms with van der Waals surface area (Å²) in [6, 6.07) is 17.6. The molecule has 5 heteroatoms. The minimum Gasteiger partial charge on any atom is -0.381 e. The van der Waals surface area contributed by atoms with Crippen LogP contribution in [0, 0.1) is 12.8 Å². The van der Waals surface area contributed by atoms with Crippen LogP contribution in [0.2, 0.25) is 0 Å². The van der Waals surface area contributed by atoms with Crippen LogP contribution in [-0.2, 0) is 4.74 Å². The van der Waals surface area contributed by atoms with Gasteiger partial charge in [0.15, 0.2) is 0 Å². The topological polar surface area (TPSA) is 36.9 Å². The van der Waals surface area contributed by atoms with Crippen molar-refractivity contribution in [1.29, 1.82) is 0 Å². The molecule has 0 unspecified atom stereocenters. The fraction of sp³-hybridized carbons (Fsp3) is 0.393. The monoisotopic (exact) mass is 461 g/mol. The van der Waals surface area contributed by atoms with E-state index in [2.05, 4.69) is 79.2 Å². The van der Waals surface area contributed by atoms with Gasteiger partial charge in [-0.25, -0.2) is 0 Å². The number of piperazine rings is 1. The van der Waals surface area contributed by atoms with Gasteiger partial charge in [-0.1, -0.05) is 48.2 Å². The minimum absolute atomic E-state index is 0.406. The fourth-order valence-corrected chi connectivity index (χ4v) is 5.24. The van der Waals surface area contributed by atoms with Crippen molar-refractivity contribution in [3.63, 3.8) is 0 Å². The quantitative estimate of drug-likeness (QED) is 0.409. The van der Waals surface area contributed by atoms with E-state index in [0.29, 0.717) is 5.92 Å². The average Bonchev–Trinajstić information content (AvgIpc) is 2.87. The van der Waals surface area contributed by atoms with E-state index >= 15 is 0 Å². The van der Waals surface area contributed by atoms with E-state index in [1.54, 1.807) is 11.8 Å². The van der Waals surface area contributed by atoms with Crippen LogP contribution < -0.4 is 10.2 Å². The van der Waals surface area contributed by atoms with Crippen molar-refractivity contribution >= 4 is 28.9 Å². The number of aryl methyl sites for hydroxylation is 1. The molecule has 2 heterocycles. The summed E-state index contributed by atoms with van der Waals surface area (Å²) >= 11 is 1.78. The van der Waals surface area contributed by atoms with E-state index in [4.69, 9.17) is 9.73 Å². The Balaban J connectivity index is 1.67. The van der Waals surface area contributed by atoms with Crippen LogP contribution in [0.5, 0.6) is 0 Å². The maximum absolute atomic E-state index is 5.58. The predicted molar refractivity (Wildman–Crippen MR) is 142 cm³/mol. The molecule has 2 aromatic carbocycles. The van der Waals surface area contributed by atoms with E-state index < -0.39 is 0 Å². The van der Waals surface area contributed by atoms with Gasteiger partial charge < -0.3 is 15.0 Å². The molecule has 2 aromatic rings. The lowest BCUT2D eigenvalue weighted by Crippen LogP contribution is -2.43. The lowest BCUT2D eigenvalue weighted by atomic mass is 9.94. The Hall–Kier alpha value is -2.34. The minimum atomic E-state index is 0.406. The molecular weight excluding hydrogens is 426 g/mol. The SMILES string of the molecule is C=CC(=N/C(=C(\C)Sc1ccc(C)cc1)c1ccc(N2CCNCC2)cc1)C1CCOCC1. The highest BCUT2D eigenvalue weighted by atomic mass is 32.2. The molecule has 0 atom stereocenters. The molecule has 2 saturated heterocycles. The van der Waals surface area contributed by atoms with Gasteiger partial charge in [0.1, 0.15) is 0 Å². The molecule has 0 radical (unpaired) electrons. The zero-order valence-electron chi connectivity index (χ0n) is 19.8. The molecule has 174 valence electrons. The van der Waals surface area contributed by atoms with E-state index in [1.165, 1.54) is 21.1 Å². The first kappa shape index (κ1) is 23.8. The zero-order valence-corrected chi connectivity index (χ0v) is 20.7. The number of nitrogens with zero attached hydrogens (tertiary/aromatic N) is 2. The maximum Gasteiger partial charge on any atom is 0.0801 e. The standard InChI is InChI=1S/C28H35N3OS/c1-4-27(23-13-19-32-20-14-23)30-28(22(3)33-26-11-5-21(2)6-12-26)24-7-9-25(10-8-24)31-17-15-29-16-18-31/h4-12,23,29H,1,13-20H2,2-3H3/b28-22+,30-27?. The molecule has 2 aliphatic heterocycles. The Morgan fingerprint density at radius 1 is 1.06 bits per heavy atom. The Morgan fingerprint density at radius 2 is 1.73 bits per heavy atom. The summed E-state index contributed by atoms with van der Waals surface area (Å²) in [7, 11) is 0. The van der Waals surface area contributed by atoms with Gasteiger partial charge in [-0.05, 0) is 57.0 Å². The summed E-state index contributed by atoms with van der Waals surface area (Å²) < 4.78 is 5.58. The van der Waals surface area contributed by atoms with Gasteiger partial charge in [0.05, 0.1) is 5.70 Å². The molecule has 0 bridgehead atoms. The van der Waals surface area contributed by atoms with Crippen LogP contribution in [0.15, 0.2) is 76.0 Å². The van der Waals surface area contributed by atoms with Crippen LogP contribution in [0.3, 0.4) is 0 Å². The third-order valence-electron chi connectivity index (χ3n) is 6.34. The van der Waals surface area contributed by atoms with E-state index in [0.717, 1.165) is 69.2 Å². The normalized spacial score (nSPS) is 18.7. The van der Waals surface area contributed by atoms with Gasteiger partial charge in [-0.2, -0.15) is 0 Å². The molecule has 0 spiro atoms. The lowest BCUT2D eigenvalue weighted by Gasteiger charge is -2.29. The van der Waals surface area contributed by atoms with Gasteiger partial charge in [-0.3, -0.25) is 4.99 Å². The van der Waals surface area contributed by atoms with Crippen molar-refractivity contribution in [2.24, 2.45) is 10.9 Å². The van der Waals surface area contributed by atoms with Crippen molar-refractivity contribution in [1.82, 2.24) is 5.32 Å². The zero-order chi connectivity index (χ0) is 23.0. The van der Waals surface area contributed by atoms with Crippen LogP contribution >= 0.6 is 11.8 Å². The molecule has 0 saturated carbocycles. The van der Waals surface area contributed by atoms with Crippen LogP contribution in [-0.4, -0.2) is 45.1 Å². The Labute approximate surface area is 202 Å². The van der Waals surface area contributed by atoms with Crippen LogP contribution in [0.25, 0.3) is 5.70 Å². The molecule has 4 nitrogen and oxygen atoms in total. The van der Waals surface area contributed by atoms with Crippen LogP contribution in [0.1, 0.15) is 30.9 Å². The van der Waals surface area contributed by atoms with Gasteiger partial charge in [0.2, 0.25) is 0 Å². The third-order valence-corrected chi connectivity index (χ3v) is 7.35. The Bertz CT molecular complexity index is 983. The smallest absolute Gasteiger partial charge is 0.0801 e. The number of thioether (sulfide) groups is 1. The molecule has 0 aliphatic carbocycles. The highest BCUT2D eigenvalue weighted by Gasteiger charge is 2.19. The van der Waals surface area contributed by atoms with E-state index in [-0.39, 0.29) is 0 Å². The predicted octanol–water partition coefficient (Wildman–Crippen LogP) is 5.94. The number of aliphatic imine (C=N–C) groups is 1. The number of benzene rings is 2. The molecule has 0 amide bonds. The maximum atomic E-state index is 5.58. The second kappa shape index (κ2) is 11.7. The summed E-state index contributed by atoms with van der Waals surface area (Å²) in [5, 5.41) is 3.43. The summed E-state index contributed by atoms with van der Waals surface area (Å²) in [6.45, 7) is 14.2. The van der Waals surface area contributed by atoms with E-state index in [9.17, 15) is 0 Å². The van der Waals surface area contributed by atoms with Gasteiger partial charge in [0, 0.05) is 72.1 Å². The number of rotatable bonds is 7. The van der Waals surface area contributed by atoms with Crippen molar-refractivity contribution in [2.45, 2.75) is 31.6 Å². The molecule has 2 fully saturated rings. The van der Waals surface area contributed by atoms with Crippen molar-refractivity contribution in [2.75, 3.05) is 44.3 Å². The number of hydrogen-bond donors (Lipinski definition) is 1. The molecule has 1 N–H and O–H groups in total. The number of anilines is 1. The molecule has 4 rings (SSSR count). The van der Waals surface area contributed by atoms with E-state index in [1.807, 2.05) is 6.08 Å². The first-order chi connectivity index (χ1) is 16.1. The van der Waals surface area contributed by atoms with Gasteiger partial charge in [0.25, 0.3) is 0 Å². The first-order valence-electron chi connectivity index (χ1n) is 11.9. The summed E-state index contributed by atoms with van der Waals surface area (Å²) in [4.78, 5) is 10.1. The lowest BCUT2D eigenvalue weighted by molar-refractivity contribution is 0.0830. The average molecular weight is 462 g/mol. The number of hydrogen-bond acceptors (Lipinski definition) is 5. The second-order valence-electron chi connectivity index (χ2n) is 8.73. The fourth-order valence-electron chi connectivity index (χ4n) is 4.36. The van der Waals surface area contributed by atoms with Crippen molar-refractivity contribution in [3.8, 4) is 0 Å². The molecule has 33 heavy (non-hydrogen) atoms. The third kappa shape index (κ3) is 6.38. The number of allylic oxidation sites excluding steroid dienone is 2. The first-order valence-corrected chi connectivity index (χ1v) is 12.8. The second-order valence-corrected chi connectivity index (χ2v) is 10.0. The van der Waals surface area contributed by atoms with Crippen LogP contribution in [0.4, 0.5) is 5.69 Å². The van der Waals surface area contributed by atoms with Crippen molar-refractivity contribution in [3.05, 3.63) is 77.2 Å². The Morgan fingerprint density at radius 3 is 2.36 bits per heavy atom. The molecular formula is C28H35N3OS. The van der Waals surface area contributed by atoms with Gasteiger partial charge >= 0.3 is 0 Å². The Kier molecular flexibility index (Phi) is 8.43.